The Hall–Kier alpha value is 0.380. The molecule has 1 aromatic rings. The molecule has 7 heteroatoms. The van der Waals surface area contributed by atoms with Gasteiger partial charge in [0.1, 0.15) is 0 Å². The fourth-order valence-corrected chi connectivity index (χ4v) is 4.61. The lowest BCUT2D eigenvalue weighted by Gasteiger charge is -2.15. The first kappa shape index (κ1) is 15.4. The minimum atomic E-state index is 0. The number of halogens is 3. The number of rotatable bonds is 2. The molecule has 1 atom stereocenters. The molecule has 1 saturated heterocycles. The van der Waals surface area contributed by atoms with Crippen molar-refractivity contribution in [2.75, 3.05) is 20.1 Å². The Labute approximate surface area is 128 Å². The van der Waals surface area contributed by atoms with Gasteiger partial charge in [-0.15, -0.1) is 23.7 Å². The van der Waals surface area contributed by atoms with Gasteiger partial charge in [0.15, 0.2) is 0 Å². The van der Waals surface area contributed by atoms with Gasteiger partial charge in [0.2, 0.25) is 0 Å². The molecule has 3 nitrogen and oxygen atoms in total. The van der Waals surface area contributed by atoms with E-state index >= 15 is 0 Å². The van der Waals surface area contributed by atoms with E-state index in [1.54, 1.807) is 0 Å². The van der Waals surface area contributed by atoms with Gasteiger partial charge in [0.25, 0.3) is 5.91 Å². The van der Waals surface area contributed by atoms with Gasteiger partial charge in [-0.3, -0.25) is 4.79 Å². The number of hydrogen-bond donors (Lipinski definition) is 1. The van der Waals surface area contributed by atoms with Gasteiger partial charge in [-0.1, -0.05) is 0 Å². The van der Waals surface area contributed by atoms with Gasteiger partial charge in [0, 0.05) is 19.1 Å². The van der Waals surface area contributed by atoms with Crippen LogP contribution in [0.3, 0.4) is 0 Å². The number of nitrogens with one attached hydrogen (secondary N) is 1. The molecule has 1 unspecified atom stereocenters. The third-order valence-corrected chi connectivity index (χ3v) is 5.11. The highest BCUT2D eigenvalue weighted by Crippen LogP contribution is 2.33. The largest absolute Gasteiger partial charge is 0.337 e. The second kappa shape index (κ2) is 6.52. The average molecular weight is 405 g/mol. The zero-order valence-corrected chi connectivity index (χ0v) is 14.0. The average Bonchev–Trinajstić information content (AvgIpc) is 2.84. The van der Waals surface area contributed by atoms with E-state index in [1.807, 2.05) is 18.0 Å². The number of thiophene rings is 1. The van der Waals surface area contributed by atoms with E-state index in [0.29, 0.717) is 6.04 Å². The first-order chi connectivity index (χ1) is 7.61. The van der Waals surface area contributed by atoms with Crippen LogP contribution in [0, 0.1) is 0 Å². The van der Waals surface area contributed by atoms with Gasteiger partial charge in [-0.05, 0) is 51.4 Å². The summed E-state index contributed by atoms with van der Waals surface area (Å²) in [6.45, 7) is 1.64. The first-order valence-electron chi connectivity index (χ1n) is 5.03. The van der Waals surface area contributed by atoms with Crippen molar-refractivity contribution in [2.24, 2.45) is 0 Å². The summed E-state index contributed by atoms with van der Waals surface area (Å²) in [6, 6.07) is 2.31. The Kier molecular flexibility index (Phi) is 5.92. The third kappa shape index (κ3) is 3.44. The Morgan fingerprint density at radius 1 is 1.59 bits per heavy atom. The molecule has 0 bridgehead atoms. The van der Waals surface area contributed by atoms with E-state index in [4.69, 9.17) is 0 Å². The molecule has 1 N–H and O–H groups in total. The van der Waals surface area contributed by atoms with E-state index in [2.05, 4.69) is 37.2 Å². The maximum atomic E-state index is 12.2. The number of carbonyl (C=O) groups is 1. The number of likely N-dealkylation sites (N-methyl/N-ethyl adjacent to an activating group) is 1. The number of likely N-dealkylation sites (tertiary alicyclic amines) is 1. The molecular weight excluding hydrogens is 391 g/mol. The molecule has 17 heavy (non-hydrogen) atoms. The van der Waals surface area contributed by atoms with E-state index in [1.165, 1.54) is 11.3 Å². The minimum absolute atomic E-state index is 0. The molecule has 2 rings (SSSR count). The Balaban J connectivity index is 0.00000144. The molecule has 2 heterocycles. The summed E-state index contributed by atoms with van der Waals surface area (Å²) in [7, 11) is 1.94. The predicted molar refractivity (Wildman–Crippen MR) is 80.3 cm³/mol. The summed E-state index contributed by atoms with van der Waals surface area (Å²) in [4.78, 5) is 14.1. The van der Waals surface area contributed by atoms with Crippen molar-refractivity contribution in [2.45, 2.75) is 12.5 Å². The van der Waals surface area contributed by atoms with Crippen LogP contribution in [0.2, 0.25) is 0 Å². The Morgan fingerprint density at radius 2 is 2.29 bits per heavy atom. The summed E-state index contributed by atoms with van der Waals surface area (Å²) in [5.41, 5.74) is 0.758. The summed E-state index contributed by atoms with van der Waals surface area (Å²) < 4.78 is 1.88. The van der Waals surface area contributed by atoms with Gasteiger partial charge in [0.05, 0.1) is 13.1 Å². The van der Waals surface area contributed by atoms with Gasteiger partial charge < -0.3 is 10.2 Å². The van der Waals surface area contributed by atoms with Crippen molar-refractivity contribution < 1.29 is 4.79 Å². The first-order valence-corrected chi connectivity index (χ1v) is 7.43. The van der Waals surface area contributed by atoms with Crippen molar-refractivity contribution in [3.05, 3.63) is 19.2 Å². The fourth-order valence-electron chi connectivity index (χ4n) is 1.84. The van der Waals surface area contributed by atoms with Gasteiger partial charge >= 0.3 is 0 Å². The van der Waals surface area contributed by atoms with Crippen LogP contribution in [-0.2, 0) is 0 Å². The maximum Gasteiger partial charge on any atom is 0.255 e. The lowest BCUT2D eigenvalue weighted by atomic mass is 10.3. The molecule has 1 aliphatic rings. The normalized spacial score (nSPS) is 19.2. The van der Waals surface area contributed by atoms with Crippen LogP contribution in [0.15, 0.2) is 13.6 Å². The smallest absolute Gasteiger partial charge is 0.255 e. The molecule has 0 aliphatic carbocycles. The lowest BCUT2D eigenvalue weighted by molar-refractivity contribution is 0.0789. The lowest BCUT2D eigenvalue weighted by Crippen LogP contribution is -2.33. The van der Waals surface area contributed by atoms with E-state index in [-0.39, 0.29) is 18.3 Å². The van der Waals surface area contributed by atoms with Crippen LogP contribution in [-0.4, -0.2) is 37.0 Å². The van der Waals surface area contributed by atoms with Crippen molar-refractivity contribution in [3.63, 3.8) is 0 Å². The summed E-state index contributed by atoms with van der Waals surface area (Å²) in [5, 5.41) is 3.21. The topological polar surface area (TPSA) is 32.3 Å². The molecule has 0 saturated carbocycles. The van der Waals surface area contributed by atoms with Crippen molar-refractivity contribution in [1.82, 2.24) is 10.2 Å². The second-order valence-corrected chi connectivity index (χ2v) is 7.51. The zero-order chi connectivity index (χ0) is 11.7. The van der Waals surface area contributed by atoms with Crippen LogP contribution >= 0.6 is 55.6 Å². The number of nitrogens with zero attached hydrogens (tertiary/aromatic N) is 1. The molecule has 0 radical (unpaired) electrons. The molecule has 1 fully saturated rings. The van der Waals surface area contributed by atoms with Crippen molar-refractivity contribution >= 4 is 61.5 Å². The molecule has 0 spiro atoms. The van der Waals surface area contributed by atoms with E-state index < -0.39 is 0 Å². The quantitative estimate of drug-likeness (QED) is 0.821. The molecule has 0 aromatic carbocycles. The number of hydrogen-bond acceptors (Lipinski definition) is 3. The Bertz CT molecular complexity index is 413. The molecule has 96 valence electrons. The van der Waals surface area contributed by atoms with Crippen molar-refractivity contribution in [3.8, 4) is 0 Å². The summed E-state index contributed by atoms with van der Waals surface area (Å²) in [5.74, 6) is 0.117. The highest BCUT2D eigenvalue weighted by molar-refractivity contribution is 9.12. The SMILES string of the molecule is CNC1CCN(C(=O)c2cc(Br)sc2Br)C1.Cl. The van der Waals surface area contributed by atoms with E-state index in [9.17, 15) is 4.79 Å². The molecule has 1 amide bonds. The number of amides is 1. The number of carbonyl (C=O) groups excluding carboxylic acids is 1. The summed E-state index contributed by atoms with van der Waals surface area (Å²) >= 11 is 8.35. The molecule has 1 aromatic heterocycles. The monoisotopic (exact) mass is 402 g/mol. The Morgan fingerprint density at radius 3 is 2.76 bits per heavy atom. The standard InChI is InChI=1S/C10H12Br2N2OS.ClH/c1-13-6-2-3-14(5-6)10(15)7-4-8(11)16-9(7)12;/h4,6,13H,2-3,5H2,1H3;1H. The van der Waals surface area contributed by atoms with Crippen LogP contribution in [0.4, 0.5) is 0 Å². The maximum absolute atomic E-state index is 12.2. The van der Waals surface area contributed by atoms with Crippen LogP contribution in [0.1, 0.15) is 16.8 Å². The molecular formula is C10H13Br2ClN2OS. The minimum Gasteiger partial charge on any atom is -0.337 e. The van der Waals surface area contributed by atoms with Gasteiger partial charge in [-0.25, -0.2) is 0 Å². The highest BCUT2D eigenvalue weighted by Gasteiger charge is 2.27. The van der Waals surface area contributed by atoms with Crippen LogP contribution < -0.4 is 5.32 Å². The third-order valence-electron chi connectivity index (χ3n) is 2.77. The highest BCUT2D eigenvalue weighted by atomic mass is 79.9. The fraction of sp³-hybridized carbons (Fsp3) is 0.500. The second-order valence-electron chi connectivity index (χ2n) is 3.76. The van der Waals surface area contributed by atoms with Crippen molar-refractivity contribution in [1.29, 1.82) is 0 Å². The van der Waals surface area contributed by atoms with Crippen LogP contribution in [0.25, 0.3) is 0 Å². The predicted octanol–water partition coefficient (Wildman–Crippen LogP) is 3.13. The van der Waals surface area contributed by atoms with Gasteiger partial charge in [-0.2, -0.15) is 0 Å². The van der Waals surface area contributed by atoms with Crippen LogP contribution in [0.5, 0.6) is 0 Å². The zero-order valence-electron chi connectivity index (χ0n) is 9.20. The summed E-state index contributed by atoms with van der Waals surface area (Å²) in [6.07, 6.45) is 1.03. The van der Waals surface area contributed by atoms with E-state index in [0.717, 1.165) is 32.6 Å². The molecule has 1 aliphatic heterocycles.